The van der Waals surface area contributed by atoms with Crippen LogP contribution in [-0.2, 0) is 10.0 Å². The molecular weight excluding hydrogens is 330 g/mol. The smallest absolute Gasteiger partial charge is 0.299 e. The van der Waals surface area contributed by atoms with Crippen LogP contribution in [0.4, 0.5) is 14.5 Å². The van der Waals surface area contributed by atoms with Crippen LogP contribution in [0.3, 0.4) is 0 Å². The van der Waals surface area contributed by atoms with Crippen molar-refractivity contribution < 1.29 is 17.2 Å². The average Bonchev–Trinajstić information content (AvgIpc) is 2.87. The van der Waals surface area contributed by atoms with Gasteiger partial charge in [-0.05, 0) is 25.1 Å². The summed E-state index contributed by atoms with van der Waals surface area (Å²) in [6.07, 6.45) is 1.48. The third kappa shape index (κ3) is 3.10. The molecule has 0 fully saturated rings. The minimum absolute atomic E-state index is 0. The second kappa shape index (κ2) is 5.85. The summed E-state index contributed by atoms with van der Waals surface area (Å²) < 4.78 is 54.3. The predicted molar refractivity (Wildman–Crippen MR) is 77.7 cm³/mol. The number of benzene rings is 1. The molecule has 2 aromatic heterocycles. The molecule has 0 radical (unpaired) electrons. The number of sulfonamides is 1. The van der Waals surface area contributed by atoms with Gasteiger partial charge in [0.2, 0.25) is 0 Å². The molecule has 0 aliphatic heterocycles. The van der Waals surface area contributed by atoms with E-state index in [1.54, 1.807) is 17.7 Å². The summed E-state index contributed by atoms with van der Waals surface area (Å²) in [6, 6.07) is 4.60. The lowest BCUT2D eigenvalue weighted by molar-refractivity contribution is 0.579. The lowest BCUT2D eigenvalue weighted by Gasteiger charge is -2.06. The van der Waals surface area contributed by atoms with Gasteiger partial charge in [-0.1, -0.05) is 6.07 Å². The van der Waals surface area contributed by atoms with Crippen molar-refractivity contribution in [3.8, 4) is 0 Å². The number of rotatable bonds is 3. The molecule has 1 aromatic carbocycles. The zero-order chi connectivity index (χ0) is 15.9. The Morgan fingerprint density at radius 3 is 2.43 bits per heavy atom. The van der Waals surface area contributed by atoms with E-state index < -0.39 is 32.5 Å². The van der Waals surface area contributed by atoms with E-state index in [0.717, 1.165) is 22.7 Å². The van der Waals surface area contributed by atoms with Crippen LogP contribution in [0.2, 0.25) is 0 Å². The van der Waals surface area contributed by atoms with Gasteiger partial charge in [0, 0.05) is 11.9 Å². The van der Waals surface area contributed by atoms with Crippen LogP contribution in [0.1, 0.15) is 5.69 Å². The van der Waals surface area contributed by atoms with Gasteiger partial charge in [0.25, 0.3) is 21.0 Å². The molecule has 0 saturated heterocycles. The largest absolute Gasteiger partial charge is 0.344 e. The summed E-state index contributed by atoms with van der Waals surface area (Å²) in [4.78, 5) is 7.75. The minimum Gasteiger partial charge on any atom is -0.344 e. The van der Waals surface area contributed by atoms with E-state index in [4.69, 9.17) is 0 Å². The van der Waals surface area contributed by atoms with Gasteiger partial charge in [-0.3, -0.25) is 4.72 Å². The molecule has 0 unspecified atom stereocenters. The van der Waals surface area contributed by atoms with Crippen molar-refractivity contribution in [2.45, 2.75) is 12.1 Å². The molecule has 0 aliphatic rings. The molecule has 8 nitrogen and oxygen atoms in total. The molecule has 0 aliphatic carbocycles. The maximum atomic E-state index is 13.5. The monoisotopic (exact) mass is 342 g/mol. The SMILES string of the molecule is Cc1ccn2nc(S(=O)(=O)Nc3c(F)cccc3F)nc2n1.N. The minimum atomic E-state index is -4.35. The zero-order valence-electron chi connectivity index (χ0n) is 11.9. The highest BCUT2D eigenvalue weighted by Crippen LogP contribution is 2.21. The van der Waals surface area contributed by atoms with Crippen LogP contribution >= 0.6 is 0 Å². The quantitative estimate of drug-likeness (QED) is 0.746. The number of aryl methyl sites for hydroxylation is 1. The molecule has 3 rings (SSSR count). The van der Waals surface area contributed by atoms with E-state index in [1.165, 1.54) is 6.20 Å². The molecule has 0 saturated carbocycles. The predicted octanol–water partition coefficient (Wildman–Crippen LogP) is 1.67. The van der Waals surface area contributed by atoms with Crippen molar-refractivity contribution >= 4 is 21.5 Å². The first-order chi connectivity index (χ1) is 10.4. The number of aromatic nitrogens is 4. The maximum absolute atomic E-state index is 13.5. The molecule has 0 atom stereocenters. The summed E-state index contributed by atoms with van der Waals surface area (Å²) in [5.41, 5.74) is -0.164. The Hall–Kier alpha value is -2.66. The van der Waals surface area contributed by atoms with Gasteiger partial charge >= 0.3 is 0 Å². The van der Waals surface area contributed by atoms with Gasteiger partial charge in [0.1, 0.15) is 17.3 Å². The number of fused-ring (bicyclic) bond motifs is 1. The third-order valence-electron chi connectivity index (χ3n) is 2.77. The van der Waals surface area contributed by atoms with Crippen LogP contribution < -0.4 is 10.9 Å². The van der Waals surface area contributed by atoms with Crippen LogP contribution in [0.15, 0.2) is 35.6 Å². The highest BCUT2D eigenvalue weighted by atomic mass is 32.2. The summed E-state index contributed by atoms with van der Waals surface area (Å²) in [6.45, 7) is 1.70. The van der Waals surface area contributed by atoms with Crippen molar-refractivity contribution in [1.82, 2.24) is 25.7 Å². The molecule has 11 heteroatoms. The first kappa shape index (κ1) is 16.7. The summed E-state index contributed by atoms with van der Waals surface area (Å²) in [5.74, 6) is -2.02. The number of para-hydroxylation sites is 1. The van der Waals surface area contributed by atoms with Crippen molar-refractivity contribution in [3.63, 3.8) is 0 Å². The third-order valence-corrected chi connectivity index (χ3v) is 3.89. The van der Waals surface area contributed by atoms with E-state index in [-0.39, 0.29) is 11.9 Å². The number of hydrogen-bond acceptors (Lipinski definition) is 6. The summed E-state index contributed by atoms with van der Waals surface area (Å²) >= 11 is 0. The van der Waals surface area contributed by atoms with Gasteiger partial charge in [0.15, 0.2) is 0 Å². The number of hydrogen-bond donors (Lipinski definition) is 2. The fourth-order valence-corrected chi connectivity index (χ4v) is 2.69. The lowest BCUT2D eigenvalue weighted by Crippen LogP contribution is -2.16. The van der Waals surface area contributed by atoms with Crippen LogP contribution in [-0.4, -0.2) is 28.0 Å². The first-order valence-electron chi connectivity index (χ1n) is 6.04. The molecule has 122 valence electrons. The number of anilines is 1. The first-order valence-corrected chi connectivity index (χ1v) is 7.52. The van der Waals surface area contributed by atoms with Gasteiger partial charge in [-0.25, -0.2) is 18.3 Å². The molecule has 4 N–H and O–H groups in total. The zero-order valence-corrected chi connectivity index (χ0v) is 12.7. The molecule has 0 spiro atoms. The van der Waals surface area contributed by atoms with Gasteiger partial charge in [-0.2, -0.15) is 13.4 Å². The van der Waals surface area contributed by atoms with E-state index in [2.05, 4.69) is 15.1 Å². The Kier molecular flexibility index (Phi) is 4.25. The highest BCUT2D eigenvalue weighted by molar-refractivity contribution is 7.92. The normalized spacial score (nSPS) is 11.3. The van der Waals surface area contributed by atoms with Crippen molar-refractivity contribution in [2.24, 2.45) is 0 Å². The van der Waals surface area contributed by atoms with Gasteiger partial charge in [0.05, 0.1) is 0 Å². The standard InChI is InChI=1S/C12H9F2N5O2S.H3N/c1-7-5-6-19-11(15-7)16-12(17-19)22(20,21)18-10-8(13)3-2-4-9(10)14;/h2-6,18H,1H3;1H3. The van der Waals surface area contributed by atoms with Crippen molar-refractivity contribution in [1.29, 1.82) is 0 Å². The Morgan fingerprint density at radius 1 is 1.13 bits per heavy atom. The Labute approximate surface area is 129 Å². The molecule has 3 aromatic rings. The molecule has 0 bridgehead atoms. The van der Waals surface area contributed by atoms with Crippen molar-refractivity contribution in [3.05, 3.63) is 47.8 Å². The molecule has 23 heavy (non-hydrogen) atoms. The molecule has 2 heterocycles. The maximum Gasteiger partial charge on any atom is 0.299 e. The number of nitrogens with one attached hydrogen (secondary N) is 1. The topological polar surface area (TPSA) is 124 Å². The fraction of sp³-hybridized carbons (Fsp3) is 0.0833. The Bertz CT molecular complexity index is 953. The van der Waals surface area contributed by atoms with Gasteiger partial charge in [-0.15, -0.1) is 5.10 Å². The highest BCUT2D eigenvalue weighted by Gasteiger charge is 2.24. The van der Waals surface area contributed by atoms with E-state index in [9.17, 15) is 17.2 Å². The summed E-state index contributed by atoms with van der Waals surface area (Å²) in [7, 11) is -4.35. The fourth-order valence-electron chi connectivity index (χ4n) is 1.73. The van der Waals surface area contributed by atoms with E-state index in [1.807, 2.05) is 0 Å². The molecular formula is C12H12F2N6O2S. The number of nitrogens with zero attached hydrogens (tertiary/aromatic N) is 4. The Balaban J connectivity index is 0.00000192. The van der Waals surface area contributed by atoms with Crippen molar-refractivity contribution in [2.75, 3.05) is 4.72 Å². The summed E-state index contributed by atoms with van der Waals surface area (Å²) in [5, 5.41) is 3.10. The lowest BCUT2D eigenvalue weighted by atomic mass is 10.3. The van der Waals surface area contributed by atoms with Crippen LogP contribution in [0.25, 0.3) is 5.78 Å². The van der Waals surface area contributed by atoms with Crippen LogP contribution in [0.5, 0.6) is 0 Å². The number of halogens is 2. The Morgan fingerprint density at radius 2 is 1.78 bits per heavy atom. The average molecular weight is 342 g/mol. The second-order valence-corrected chi connectivity index (χ2v) is 5.99. The van der Waals surface area contributed by atoms with E-state index >= 15 is 0 Å². The van der Waals surface area contributed by atoms with Gasteiger partial charge < -0.3 is 6.15 Å². The van der Waals surface area contributed by atoms with Crippen LogP contribution in [0, 0.1) is 18.6 Å². The second-order valence-electron chi connectivity index (χ2n) is 4.41. The van der Waals surface area contributed by atoms with E-state index in [0.29, 0.717) is 5.69 Å². The molecule has 0 amide bonds.